The van der Waals surface area contributed by atoms with Crippen molar-refractivity contribution in [3.05, 3.63) is 12.2 Å². The van der Waals surface area contributed by atoms with E-state index < -0.39 is 5.97 Å². The molecule has 1 N–H and O–H groups in total. The second-order valence-electron chi connectivity index (χ2n) is 3.25. The van der Waals surface area contributed by atoms with Crippen molar-refractivity contribution in [2.45, 2.75) is 33.6 Å². The van der Waals surface area contributed by atoms with Crippen LogP contribution < -0.4 is 0 Å². The molecule has 0 rings (SSSR count). The van der Waals surface area contributed by atoms with Crippen LogP contribution >= 0.6 is 0 Å². The van der Waals surface area contributed by atoms with Crippen molar-refractivity contribution in [1.82, 2.24) is 0 Å². The molecule has 0 aliphatic carbocycles. The Hall–Kier alpha value is -0.790. The van der Waals surface area contributed by atoms with Gasteiger partial charge in [-0.15, -0.1) is 0 Å². The largest absolute Gasteiger partial charge is 0.481 e. The Morgan fingerprint density at radius 3 is 2.50 bits per heavy atom. The van der Waals surface area contributed by atoms with Crippen LogP contribution in [0.3, 0.4) is 0 Å². The molecule has 0 aromatic carbocycles. The molecule has 0 aliphatic rings. The molecule has 12 heavy (non-hydrogen) atoms. The first-order chi connectivity index (χ1) is 5.59. The van der Waals surface area contributed by atoms with Crippen LogP contribution in [0.25, 0.3) is 0 Å². The summed E-state index contributed by atoms with van der Waals surface area (Å²) in [5, 5.41) is 8.69. The van der Waals surface area contributed by atoms with Gasteiger partial charge in [0.25, 0.3) is 0 Å². The molecule has 0 fully saturated rings. The number of allylic oxidation sites excluding steroid dienone is 2. The number of hydrogen-bond donors (Lipinski definition) is 1. The van der Waals surface area contributed by atoms with Gasteiger partial charge in [0.15, 0.2) is 0 Å². The fraction of sp³-hybridized carbons (Fsp3) is 0.700. The normalized spacial score (nSPS) is 16.2. The van der Waals surface area contributed by atoms with Crippen LogP contribution in [0, 0.1) is 11.8 Å². The van der Waals surface area contributed by atoms with Gasteiger partial charge in [0.05, 0.1) is 5.92 Å². The zero-order chi connectivity index (χ0) is 9.56. The Morgan fingerprint density at radius 1 is 1.50 bits per heavy atom. The van der Waals surface area contributed by atoms with Gasteiger partial charge >= 0.3 is 5.97 Å². The van der Waals surface area contributed by atoms with Crippen molar-refractivity contribution < 1.29 is 9.90 Å². The third kappa shape index (κ3) is 4.16. The predicted octanol–water partition coefficient (Wildman–Crippen LogP) is 2.70. The smallest absolute Gasteiger partial charge is 0.306 e. The zero-order valence-electron chi connectivity index (χ0n) is 8.08. The van der Waals surface area contributed by atoms with Crippen LogP contribution in [0.1, 0.15) is 33.6 Å². The molecule has 0 aromatic rings. The molecule has 2 unspecified atom stereocenters. The highest BCUT2D eigenvalue weighted by atomic mass is 16.4. The zero-order valence-corrected chi connectivity index (χ0v) is 8.08. The summed E-state index contributed by atoms with van der Waals surface area (Å²) in [5.74, 6) is -0.656. The maximum Gasteiger partial charge on any atom is 0.306 e. The lowest BCUT2D eigenvalue weighted by Crippen LogP contribution is -2.17. The maximum absolute atomic E-state index is 10.6. The van der Waals surface area contributed by atoms with Gasteiger partial charge in [-0.2, -0.15) is 0 Å². The van der Waals surface area contributed by atoms with Crippen LogP contribution in [0.2, 0.25) is 0 Å². The standard InChI is InChI=1S/C10H18O2/c1-4-5-6-7-8(2)9(3)10(11)12/h4-5,8-9H,6-7H2,1-3H3,(H,11,12). The molecular formula is C10H18O2. The molecule has 0 saturated heterocycles. The summed E-state index contributed by atoms with van der Waals surface area (Å²) in [5.41, 5.74) is 0. The second kappa shape index (κ2) is 5.81. The molecule has 2 nitrogen and oxygen atoms in total. The SMILES string of the molecule is CC=CCCC(C)C(C)C(=O)O. The highest BCUT2D eigenvalue weighted by Crippen LogP contribution is 2.16. The maximum atomic E-state index is 10.6. The van der Waals surface area contributed by atoms with E-state index in [1.165, 1.54) is 0 Å². The lowest BCUT2D eigenvalue weighted by Gasteiger charge is -2.14. The monoisotopic (exact) mass is 170 g/mol. The molecule has 0 radical (unpaired) electrons. The summed E-state index contributed by atoms with van der Waals surface area (Å²) in [6.45, 7) is 5.73. The fourth-order valence-electron chi connectivity index (χ4n) is 1.02. The average molecular weight is 170 g/mol. The molecule has 0 spiro atoms. The van der Waals surface area contributed by atoms with Gasteiger partial charge in [-0.25, -0.2) is 0 Å². The van der Waals surface area contributed by atoms with Crippen LogP contribution in [-0.2, 0) is 4.79 Å². The fourth-order valence-corrected chi connectivity index (χ4v) is 1.02. The van der Waals surface area contributed by atoms with E-state index >= 15 is 0 Å². The Morgan fingerprint density at radius 2 is 2.08 bits per heavy atom. The van der Waals surface area contributed by atoms with Crippen molar-refractivity contribution in [1.29, 1.82) is 0 Å². The second-order valence-corrected chi connectivity index (χ2v) is 3.25. The van der Waals surface area contributed by atoms with Crippen molar-refractivity contribution in [2.75, 3.05) is 0 Å². The van der Waals surface area contributed by atoms with Crippen molar-refractivity contribution >= 4 is 5.97 Å². The van der Waals surface area contributed by atoms with Crippen LogP contribution in [0.4, 0.5) is 0 Å². The van der Waals surface area contributed by atoms with Gasteiger partial charge in [0.1, 0.15) is 0 Å². The molecule has 0 bridgehead atoms. The van der Waals surface area contributed by atoms with E-state index in [-0.39, 0.29) is 11.8 Å². The highest BCUT2D eigenvalue weighted by Gasteiger charge is 2.17. The Labute approximate surface area is 74.3 Å². The van der Waals surface area contributed by atoms with Gasteiger partial charge in [-0.05, 0) is 25.7 Å². The third-order valence-corrected chi connectivity index (χ3v) is 2.27. The number of aliphatic carboxylic acids is 1. The third-order valence-electron chi connectivity index (χ3n) is 2.27. The highest BCUT2D eigenvalue weighted by molar-refractivity contribution is 5.69. The topological polar surface area (TPSA) is 37.3 Å². The summed E-state index contributed by atoms with van der Waals surface area (Å²) in [6, 6.07) is 0. The average Bonchev–Trinajstić information content (AvgIpc) is 2.03. The molecule has 0 aromatic heterocycles. The predicted molar refractivity (Wildman–Crippen MR) is 50.0 cm³/mol. The van der Waals surface area contributed by atoms with E-state index in [2.05, 4.69) is 6.08 Å². The summed E-state index contributed by atoms with van der Waals surface area (Å²) in [4.78, 5) is 10.6. The lowest BCUT2D eigenvalue weighted by atomic mass is 9.92. The van der Waals surface area contributed by atoms with Crippen LogP contribution in [-0.4, -0.2) is 11.1 Å². The van der Waals surface area contributed by atoms with Gasteiger partial charge in [0, 0.05) is 0 Å². The minimum absolute atomic E-state index is 0.227. The van der Waals surface area contributed by atoms with E-state index in [1.54, 1.807) is 6.92 Å². The quantitative estimate of drug-likeness (QED) is 0.644. The number of carbonyl (C=O) groups is 1. The van der Waals surface area contributed by atoms with Crippen LogP contribution in [0.15, 0.2) is 12.2 Å². The molecule has 0 saturated carbocycles. The molecule has 70 valence electrons. The van der Waals surface area contributed by atoms with E-state index in [0.717, 1.165) is 12.8 Å². The van der Waals surface area contributed by atoms with Crippen LogP contribution in [0.5, 0.6) is 0 Å². The first kappa shape index (κ1) is 11.2. The first-order valence-electron chi connectivity index (χ1n) is 4.43. The molecular weight excluding hydrogens is 152 g/mol. The first-order valence-corrected chi connectivity index (χ1v) is 4.43. The number of carboxylic acids is 1. The van der Waals surface area contributed by atoms with E-state index in [1.807, 2.05) is 19.9 Å². The summed E-state index contributed by atoms with van der Waals surface area (Å²) < 4.78 is 0. The molecule has 2 atom stereocenters. The molecule has 2 heteroatoms. The Bertz CT molecular complexity index is 161. The van der Waals surface area contributed by atoms with E-state index in [9.17, 15) is 4.79 Å². The number of hydrogen-bond acceptors (Lipinski definition) is 1. The summed E-state index contributed by atoms with van der Waals surface area (Å²) in [7, 11) is 0. The van der Waals surface area contributed by atoms with Gasteiger partial charge in [-0.1, -0.05) is 26.0 Å². The lowest BCUT2D eigenvalue weighted by molar-refractivity contribution is -0.142. The van der Waals surface area contributed by atoms with Crippen molar-refractivity contribution in [3.63, 3.8) is 0 Å². The molecule has 0 aliphatic heterocycles. The minimum Gasteiger partial charge on any atom is -0.481 e. The molecule has 0 heterocycles. The van der Waals surface area contributed by atoms with Gasteiger partial charge < -0.3 is 5.11 Å². The number of rotatable bonds is 5. The van der Waals surface area contributed by atoms with Crippen molar-refractivity contribution in [2.24, 2.45) is 11.8 Å². The Kier molecular flexibility index (Phi) is 5.43. The molecule has 0 amide bonds. The van der Waals surface area contributed by atoms with Gasteiger partial charge in [-0.3, -0.25) is 4.79 Å². The summed E-state index contributed by atoms with van der Waals surface area (Å²) in [6.07, 6.45) is 6.01. The summed E-state index contributed by atoms with van der Waals surface area (Å²) >= 11 is 0. The Balaban J connectivity index is 3.71. The van der Waals surface area contributed by atoms with E-state index in [4.69, 9.17) is 5.11 Å². The van der Waals surface area contributed by atoms with Gasteiger partial charge in [0.2, 0.25) is 0 Å². The number of carboxylic acid groups (broad SMARTS) is 1. The van der Waals surface area contributed by atoms with Crippen molar-refractivity contribution in [3.8, 4) is 0 Å². The van der Waals surface area contributed by atoms with E-state index in [0.29, 0.717) is 0 Å². The minimum atomic E-state index is -0.692.